The second-order valence-electron chi connectivity index (χ2n) is 4.39. The van der Waals surface area contributed by atoms with Gasteiger partial charge in [0.1, 0.15) is 6.54 Å². The van der Waals surface area contributed by atoms with Crippen LogP contribution in [0, 0.1) is 0 Å². The molecule has 0 aliphatic heterocycles. The molecular formula is C9H13N3O4. The zero-order chi connectivity index (χ0) is 12.5. The van der Waals surface area contributed by atoms with Crippen LogP contribution in [0.3, 0.4) is 0 Å². The number of rotatable bonds is 3. The molecule has 0 unspecified atom stereocenters. The van der Waals surface area contributed by atoms with Gasteiger partial charge in [0.25, 0.3) is 0 Å². The van der Waals surface area contributed by atoms with E-state index in [9.17, 15) is 9.59 Å². The van der Waals surface area contributed by atoms with E-state index in [1.807, 2.05) is 0 Å². The number of hydrogen-bond donors (Lipinski definition) is 2. The van der Waals surface area contributed by atoms with Gasteiger partial charge in [-0.15, -0.1) is 5.10 Å². The molecule has 0 radical (unpaired) electrons. The van der Waals surface area contributed by atoms with Crippen molar-refractivity contribution < 1.29 is 19.8 Å². The SMILES string of the molecule is CC(C)(C)c1c(C(=O)O)nnn1CC(=O)O. The lowest BCUT2D eigenvalue weighted by Gasteiger charge is -2.19. The summed E-state index contributed by atoms with van der Waals surface area (Å²) in [6.45, 7) is 4.93. The van der Waals surface area contributed by atoms with Crippen LogP contribution >= 0.6 is 0 Å². The number of carboxylic acids is 2. The quantitative estimate of drug-likeness (QED) is 0.772. The van der Waals surface area contributed by atoms with Crippen molar-refractivity contribution in [3.05, 3.63) is 11.4 Å². The smallest absolute Gasteiger partial charge is 0.358 e. The molecule has 16 heavy (non-hydrogen) atoms. The molecule has 0 amide bonds. The molecule has 0 bridgehead atoms. The van der Waals surface area contributed by atoms with Crippen molar-refractivity contribution in [2.75, 3.05) is 0 Å². The number of aliphatic carboxylic acids is 1. The van der Waals surface area contributed by atoms with E-state index in [1.54, 1.807) is 20.8 Å². The average Bonchev–Trinajstić information content (AvgIpc) is 2.45. The van der Waals surface area contributed by atoms with Gasteiger partial charge in [-0.2, -0.15) is 0 Å². The van der Waals surface area contributed by atoms with Crippen molar-refractivity contribution in [2.45, 2.75) is 32.7 Å². The second kappa shape index (κ2) is 3.92. The molecule has 1 aromatic rings. The Balaban J connectivity index is 3.31. The third kappa shape index (κ3) is 2.36. The molecule has 7 heteroatoms. The first kappa shape index (κ1) is 12.2. The van der Waals surface area contributed by atoms with Crippen molar-refractivity contribution in [2.24, 2.45) is 0 Å². The van der Waals surface area contributed by atoms with Crippen molar-refractivity contribution in [3.8, 4) is 0 Å². The summed E-state index contributed by atoms with van der Waals surface area (Å²) in [5, 5.41) is 24.6. The van der Waals surface area contributed by atoms with Crippen LogP contribution in [0.25, 0.3) is 0 Å². The van der Waals surface area contributed by atoms with E-state index in [0.29, 0.717) is 5.69 Å². The summed E-state index contributed by atoms with van der Waals surface area (Å²) < 4.78 is 1.10. The molecule has 1 aromatic heterocycles. The van der Waals surface area contributed by atoms with Gasteiger partial charge in [0.05, 0.1) is 5.69 Å². The van der Waals surface area contributed by atoms with Gasteiger partial charge < -0.3 is 10.2 Å². The minimum Gasteiger partial charge on any atom is -0.480 e. The maximum Gasteiger partial charge on any atom is 0.358 e. The van der Waals surface area contributed by atoms with Crippen LogP contribution in [0.4, 0.5) is 0 Å². The Morgan fingerprint density at radius 1 is 1.31 bits per heavy atom. The molecule has 1 heterocycles. The highest BCUT2D eigenvalue weighted by Gasteiger charge is 2.29. The van der Waals surface area contributed by atoms with Crippen LogP contribution in [0.2, 0.25) is 0 Å². The van der Waals surface area contributed by atoms with Crippen molar-refractivity contribution >= 4 is 11.9 Å². The highest BCUT2D eigenvalue weighted by molar-refractivity contribution is 5.87. The van der Waals surface area contributed by atoms with E-state index in [0.717, 1.165) is 4.68 Å². The Bertz CT molecular complexity index is 430. The maximum atomic E-state index is 10.9. The topological polar surface area (TPSA) is 105 Å². The van der Waals surface area contributed by atoms with E-state index in [1.165, 1.54) is 0 Å². The summed E-state index contributed by atoms with van der Waals surface area (Å²) >= 11 is 0. The molecule has 0 aliphatic carbocycles. The van der Waals surface area contributed by atoms with Gasteiger partial charge in [-0.25, -0.2) is 9.48 Å². The summed E-state index contributed by atoms with van der Waals surface area (Å²) in [4.78, 5) is 21.5. The predicted octanol–water partition coefficient (Wildman–Crippen LogP) is 0.358. The van der Waals surface area contributed by atoms with Crippen LogP contribution in [0.1, 0.15) is 37.0 Å². The van der Waals surface area contributed by atoms with E-state index in [2.05, 4.69) is 10.3 Å². The van der Waals surface area contributed by atoms with Crippen LogP contribution in [0.5, 0.6) is 0 Å². The van der Waals surface area contributed by atoms with Gasteiger partial charge in [-0.3, -0.25) is 4.79 Å². The van der Waals surface area contributed by atoms with Gasteiger partial charge in [0, 0.05) is 5.41 Å². The van der Waals surface area contributed by atoms with Crippen LogP contribution in [-0.4, -0.2) is 37.1 Å². The van der Waals surface area contributed by atoms with Crippen molar-refractivity contribution in [1.29, 1.82) is 0 Å². The minimum atomic E-state index is -1.21. The Kier molecular flexibility index (Phi) is 2.97. The number of aromatic nitrogens is 3. The Morgan fingerprint density at radius 3 is 2.25 bits per heavy atom. The molecule has 88 valence electrons. The molecule has 0 aromatic carbocycles. The Hall–Kier alpha value is -1.92. The summed E-state index contributed by atoms with van der Waals surface area (Å²) in [5.74, 6) is -2.30. The van der Waals surface area contributed by atoms with Crippen molar-refractivity contribution in [3.63, 3.8) is 0 Å². The van der Waals surface area contributed by atoms with E-state index in [4.69, 9.17) is 10.2 Å². The standard InChI is InChI=1S/C9H13N3O4/c1-9(2,3)7-6(8(15)16)10-11-12(7)4-5(13)14/h4H2,1-3H3,(H,13,14)(H,15,16). The molecule has 0 aliphatic rings. The zero-order valence-corrected chi connectivity index (χ0v) is 9.26. The largest absolute Gasteiger partial charge is 0.480 e. The number of nitrogens with zero attached hydrogens (tertiary/aromatic N) is 3. The predicted molar refractivity (Wildman–Crippen MR) is 53.3 cm³/mol. The van der Waals surface area contributed by atoms with Gasteiger partial charge in [0.2, 0.25) is 0 Å². The normalized spacial score (nSPS) is 11.4. The first-order chi connectivity index (χ1) is 7.23. The highest BCUT2D eigenvalue weighted by atomic mass is 16.4. The number of aromatic carboxylic acids is 1. The van der Waals surface area contributed by atoms with Crippen molar-refractivity contribution in [1.82, 2.24) is 15.0 Å². The number of carbonyl (C=O) groups is 2. The van der Waals surface area contributed by atoms with Gasteiger partial charge >= 0.3 is 11.9 Å². The van der Waals surface area contributed by atoms with Crippen LogP contribution < -0.4 is 0 Å². The minimum absolute atomic E-state index is 0.200. The number of carboxylic acid groups (broad SMARTS) is 2. The third-order valence-electron chi connectivity index (χ3n) is 1.93. The maximum absolute atomic E-state index is 10.9. The summed E-state index contributed by atoms with van der Waals surface area (Å²) in [5.41, 5.74) is -0.427. The lowest BCUT2D eigenvalue weighted by atomic mass is 9.90. The molecule has 1 rings (SSSR count). The lowest BCUT2D eigenvalue weighted by Crippen LogP contribution is -2.24. The van der Waals surface area contributed by atoms with E-state index < -0.39 is 23.9 Å². The first-order valence-electron chi connectivity index (χ1n) is 4.62. The third-order valence-corrected chi connectivity index (χ3v) is 1.93. The molecule has 2 N–H and O–H groups in total. The summed E-state index contributed by atoms with van der Waals surface area (Å²) in [7, 11) is 0. The summed E-state index contributed by atoms with van der Waals surface area (Å²) in [6, 6.07) is 0. The first-order valence-corrected chi connectivity index (χ1v) is 4.62. The molecule has 0 saturated heterocycles. The van der Waals surface area contributed by atoms with Crippen LogP contribution in [-0.2, 0) is 16.8 Å². The molecular weight excluding hydrogens is 214 g/mol. The highest BCUT2D eigenvalue weighted by Crippen LogP contribution is 2.24. The van der Waals surface area contributed by atoms with E-state index in [-0.39, 0.29) is 5.69 Å². The average molecular weight is 227 g/mol. The van der Waals surface area contributed by atoms with E-state index >= 15 is 0 Å². The molecule has 7 nitrogen and oxygen atoms in total. The fraction of sp³-hybridized carbons (Fsp3) is 0.556. The van der Waals surface area contributed by atoms with Gasteiger partial charge in [0.15, 0.2) is 5.69 Å². The second-order valence-corrected chi connectivity index (χ2v) is 4.39. The Labute approximate surface area is 91.7 Å². The summed E-state index contributed by atoms with van der Waals surface area (Å²) in [6.07, 6.45) is 0. The number of hydrogen-bond acceptors (Lipinski definition) is 4. The Morgan fingerprint density at radius 2 is 1.88 bits per heavy atom. The lowest BCUT2D eigenvalue weighted by molar-refractivity contribution is -0.138. The monoisotopic (exact) mass is 227 g/mol. The zero-order valence-electron chi connectivity index (χ0n) is 9.26. The fourth-order valence-electron chi connectivity index (χ4n) is 1.44. The van der Waals surface area contributed by atoms with Crippen LogP contribution in [0.15, 0.2) is 0 Å². The molecule has 0 saturated carbocycles. The molecule has 0 atom stereocenters. The molecule has 0 fully saturated rings. The molecule has 0 spiro atoms. The van der Waals surface area contributed by atoms with Gasteiger partial charge in [-0.1, -0.05) is 26.0 Å². The fourth-order valence-corrected chi connectivity index (χ4v) is 1.44. The van der Waals surface area contributed by atoms with Gasteiger partial charge in [-0.05, 0) is 0 Å².